The minimum Gasteiger partial charge on any atom is -0.477 e. The second kappa shape index (κ2) is 7.41. The number of furan rings is 1. The highest BCUT2D eigenvalue weighted by atomic mass is 127. The number of nitrogens with zero attached hydrogens (tertiary/aromatic N) is 2. The molecule has 0 radical (unpaired) electrons. The van der Waals surface area contributed by atoms with Crippen molar-refractivity contribution in [3.63, 3.8) is 0 Å². The van der Waals surface area contributed by atoms with Crippen molar-refractivity contribution in [1.82, 2.24) is 10.2 Å². The SMILES string of the molecule is O=C(O)/C(=C/c1ccc(I)o1)Sc1nnc(-c2ccc(Cl)cc2)o1. The van der Waals surface area contributed by atoms with E-state index in [9.17, 15) is 9.90 Å². The van der Waals surface area contributed by atoms with Crippen molar-refractivity contribution in [1.29, 1.82) is 0 Å². The highest BCUT2D eigenvalue weighted by Crippen LogP contribution is 2.30. The summed E-state index contributed by atoms with van der Waals surface area (Å²) in [5, 5.41) is 17.8. The van der Waals surface area contributed by atoms with Crippen molar-refractivity contribution in [2.75, 3.05) is 0 Å². The summed E-state index contributed by atoms with van der Waals surface area (Å²) in [5.74, 6) is -0.397. The Balaban J connectivity index is 1.82. The normalized spacial score (nSPS) is 11.7. The second-order valence-electron chi connectivity index (χ2n) is 4.44. The molecule has 3 rings (SSSR count). The van der Waals surface area contributed by atoms with E-state index < -0.39 is 5.97 Å². The van der Waals surface area contributed by atoms with Gasteiger partial charge in [-0.25, -0.2) is 4.79 Å². The van der Waals surface area contributed by atoms with Gasteiger partial charge in [-0.3, -0.25) is 0 Å². The van der Waals surface area contributed by atoms with Gasteiger partial charge in [0.1, 0.15) is 10.7 Å². The Hall–Kier alpha value is -1.78. The summed E-state index contributed by atoms with van der Waals surface area (Å²) in [6.45, 7) is 0. The van der Waals surface area contributed by atoms with Crippen molar-refractivity contribution in [2.24, 2.45) is 0 Å². The molecule has 2 aromatic heterocycles. The van der Waals surface area contributed by atoms with Gasteiger partial charge in [0.05, 0.1) is 0 Å². The van der Waals surface area contributed by atoms with Crippen molar-refractivity contribution in [3.8, 4) is 11.5 Å². The van der Waals surface area contributed by atoms with Crippen LogP contribution in [-0.2, 0) is 4.79 Å². The molecule has 0 bridgehead atoms. The molecule has 0 unspecified atom stereocenters. The fourth-order valence-electron chi connectivity index (χ4n) is 1.72. The maximum Gasteiger partial charge on any atom is 0.342 e. The molecule has 0 amide bonds. The van der Waals surface area contributed by atoms with Crippen LogP contribution in [0.3, 0.4) is 0 Å². The van der Waals surface area contributed by atoms with E-state index in [1.54, 1.807) is 36.4 Å². The van der Waals surface area contributed by atoms with Gasteiger partial charge in [0.2, 0.25) is 5.89 Å². The average molecular weight is 475 g/mol. The van der Waals surface area contributed by atoms with Crippen molar-refractivity contribution >= 4 is 58.0 Å². The zero-order chi connectivity index (χ0) is 17.1. The quantitative estimate of drug-likeness (QED) is 0.322. The summed E-state index contributed by atoms with van der Waals surface area (Å²) in [7, 11) is 0. The van der Waals surface area contributed by atoms with Gasteiger partial charge < -0.3 is 13.9 Å². The van der Waals surface area contributed by atoms with E-state index in [1.807, 2.05) is 22.6 Å². The third kappa shape index (κ3) is 4.19. The summed E-state index contributed by atoms with van der Waals surface area (Å²) in [4.78, 5) is 11.4. The first-order valence-corrected chi connectivity index (χ1v) is 8.76. The molecule has 1 aromatic carbocycles. The number of benzene rings is 1. The Morgan fingerprint density at radius 1 is 1.17 bits per heavy atom. The molecule has 0 fully saturated rings. The van der Waals surface area contributed by atoms with Crippen molar-refractivity contribution in [3.05, 3.63) is 55.9 Å². The summed E-state index contributed by atoms with van der Waals surface area (Å²) in [6, 6.07) is 10.3. The van der Waals surface area contributed by atoms with E-state index in [2.05, 4.69) is 10.2 Å². The van der Waals surface area contributed by atoms with Crippen LogP contribution < -0.4 is 0 Å². The van der Waals surface area contributed by atoms with Crippen LogP contribution in [0.25, 0.3) is 17.5 Å². The largest absolute Gasteiger partial charge is 0.477 e. The molecule has 3 aromatic rings. The standard InChI is InChI=1S/C15H8ClIN2O4S/c16-9-3-1-8(2-4-9)13-18-19-15(23-13)24-11(14(20)21)7-10-5-6-12(17)22-10/h1-7H,(H,20,21)/b11-7-. The highest BCUT2D eigenvalue weighted by molar-refractivity contribution is 14.1. The fourth-order valence-corrected chi connectivity index (χ4v) is 2.94. The predicted molar refractivity (Wildman–Crippen MR) is 97.6 cm³/mol. The number of hydrogen-bond donors (Lipinski definition) is 1. The van der Waals surface area contributed by atoms with Gasteiger partial charge in [-0.05, 0) is 70.8 Å². The number of thioether (sulfide) groups is 1. The summed E-state index contributed by atoms with van der Waals surface area (Å²) < 4.78 is 11.5. The first kappa shape index (κ1) is 17.1. The minimum absolute atomic E-state index is 0.00653. The van der Waals surface area contributed by atoms with Gasteiger partial charge in [0.15, 0.2) is 3.77 Å². The lowest BCUT2D eigenvalue weighted by Gasteiger charge is -1.97. The lowest BCUT2D eigenvalue weighted by Crippen LogP contribution is -1.96. The summed E-state index contributed by atoms with van der Waals surface area (Å²) >= 11 is 8.69. The van der Waals surface area contributed by atoms with Crippen LogP contribution in [0.2, 0.25) is 5.02 Å². The van der Waals surface area contributed by atoms with Gasteiger partial charge >= 0.3 is 5.97 Å². The molecule has 24 heavy (non-hydrogen) atoms. The maximum atomic E-state index is 11.4. The third-order valence-electron chi connectivity index (χ3n) is 2.77. The molecular formula is C15H8ClIN2O4S. The first-order valence-electron chi connectivity index (χ1n) is 6.49. The molecule has 0 spiro atoms. The Morgan fingerprint density at radius 3 is 2.54 bits per heavy atom. The van der Waals surface area contributed by atoms with E-state index in [4.69, 9.17) is 20.4 Å². The van der Waals surface area contributed by atoms with E-state index in [0.717, 1.165) is 11.8 Å². The molecule has 6 nitrogen and oxygen atoms in total. The molecule has 0 atom stereocenters. The number of hydrogen-bond acceptors (Lipinski definition) is 6. The van der Waals surface area contributed by atoms with Gasteiger partial charge in [0, 0.05) is 16.7 Å². The van der Waals surface area contributed by atoms with Gasteiger partial charge in [-0.15, -0.1) is 10.2 Å². The number of halogens is 2. The molecule has 0 aliphatic carbocycles. The van der Waals surface area contributed by atoms with E-state index in [0.29, 0.717) is 20.1 Å². The van der Waals surface area contributed by atoms with Crippen LogP contribution in [0.5, 0.6) is 0 Å². The molecule has 0 saturated heterocycles. The Labute approximate surface area is 159 Å². The van der Waals surface area contributed by atoms with Crippen molar-refractivity contribution < 1.29 is 18.7 Å². The molecule has 9 heteroatoms. The van der Waals surface area contributed by atoms with Gasteiger partial charge in [0.25, 0.3) is 5.22 Å². The maximum absolute atomic E-state index is 11.4. The molecule has 0 saturated carbocycles. The van der Waals surface area contributed by atoms with E-state index >= 15 is 0 Å². The second-order valence-corrected chi connectivity index (χ2v) is 6.93. The minimum atomic E-state index is -1.11. The van der Waals surface area contributed by atoms with Crippen LogP contribution in [0.15, 0.2) is 55.4 Å². The van der Waals surface area contributed by atoms with Crippen LogP contribution >= 0.6 is 46.0 Å². The number of rotatable bonds is 5. The number of carboxylic acids is 1. The molecule has 122 valence electrons. The average Bonchev–Trinajstić information content (AvgIpc) is 3.17. The molecule has 1 N–H and O–H groups in total. The molecule has 0 aliphatic rings. The van der Waals surface area contributed by atoms with Crippen LogP contribution in [0, 0.1) is 3.77 Å². The van der Waals surface area contributed by atoms with E-state index in [-0.39, 0.29) is 16.0 Å². The number of carbonyl (C=O) groups is 1. The molecule has 0 aliphatic heterocycles. The number of carboxylic acid groups (broad SMARTS) is 1. The van der Waals surface area contributed by atoms with E-state index in [1.165, 1.54) is 6.08 Å². The zero-order valence-corrected chi connectivity index (χ0v) is 15.5. The third-order valence-corrected chi connectivity index (χ3v) is 4.46. The topological polar surface area (TPSA) is 89.4 Å². The monoisotopic (exact) mass is 474 g/mol. The zero-order valence-electron chi connectivity index (χ0n) is 11.8. The van der Waals surface area contributed by atoms with Crippen LogP contribution in [0.4, 0.5) is 0 Å². The van der Waals surface area contributed by atoms with Crippen LogP contribution in [0.1, 0.15) is 5.76 Å². The summed E-state index contributed by atoms with van der Waals surface area (Å²) in [6.07, 6.45) is 1.40. The number of aromatic nitrogens is 2. The van der Waals surface area contributed by atoms with Crippen molar-refractivity contribution in [2.45, 2.75) is 5.22 Å². The number of aliphatic carboxylic acids is 1. The Kier molecular flexibility index (Phi) is 5.27. The van der Waals surface area contributed by atoms with Crippen LogP contribution in [-0.4, -0.2) is 21.3 Å². The predicted octanol–water partition coefficient (Wildman–Crippen LogP) is 4.81. The fraction of sp³-hybridized carbons (Fsp3) is 0. The molecule has 2 heterocycles. The Morgan fingerprint density at radius 2 is 1.92 bits per heavy atom. The Bertz CT molecular complexity index is 904. The lowest BCUT2D eigenvalue weighted by atomic mass is 10.2. The molecular weight excluding hydrogens is 467 g/mol. The van der Waals surface area contributed by atoms with Gasteiger partial charge in [-0.2, -0.15) is 0 Å². The lowest BCUT2D eigenvalue weighted by molar-refractivity contribution is -0.131. The summed E-state index contributed by atoms with van der Waals surface area (Å²) in [5.41, 5.74) is 0.695. The van der Waals surface area contributed by atoms with Gasteiger partial charge in [-0.1, -0.05) is 11.6 Å². The first-order chi connectivity index (χ1) is 11.5. The smallest absolute Gasteiger partial charge is 0.342 e. The highest BCUT2D eigenvalue weighted by Gasteiger charge is 2.16.